The third-order valence-corrected chi connectivity index (χ3v) is 3.77. The Bertz CT molecular complexity index is 415. The second-order valence-electron chi connectivity index (χ2n) is 4.12. The van der Waals surface area contributed by atoms with Crippen LogP contribution in [0, 0.1) is 6.92 Å². The molecule has 5 nitrogen and oxygen atoms in total. The van der Waals surface area contributed by atoms with Gasteiger partial charge in [-0.2, -0.15) is 0 Å². The monoisotopic (exact) mass is 256 g/mol. The zero-order valence-electron chi connectivity index (χ0n) is 9.97. The Morgan fingerprint density at radius 3 is 2.82 bits per heavy atom. The first-order valence-corrected chi connectivity index (χ1v) is 6.41. The summed E-state index contributed by atoms with van der Waals surface area (Å²) < 4.78 is 5.08. The van der Waals surface area contributed by atoms with Gasteiger partial charge in [0, 0.05) is 24.6 Å². The summed E-state index contributed by atoms with van der Waals surface area (Å²) in [5.41, 5.74) is 0.174. The van der Waals surface area contributed by atoms with E-state index in [9.17, 15) is 4.79 Å². The maximum atomic E-state index is 11.0. The van der Waals surface area contributed by atoms with Crippen molar-refractivity contribution in [2.24, 2.45) is 0 Å². The Hall–Kier alpha value is -1.14. The molecule has 6 heteroatoms. The van der Waals surface area contributed by atoms with Crippen LogP contribution in [-0.2, 0) is 4.74 Å². The first-order chi connectivity index (χ1) is 8.13. The molecule has 1 fully saturated rings. The Labute approximate surface area is 104 Å². The van der Waals surface area contributed by atoms with E-state index in [1.807, 2.05) is 0 Å². The first kappa shape index (κ1) is 12.3. The van der Waals surface area contributed by atoms with Gasteiger partial charge in [-0.15, -0.1) is 11.3 Å². The number of anilines is 1. The summed E-state index contributed by atoms with van der Waals surface area (Å²) in [6.07, 6.45) is 2.31. The predicted molar refractivity (Wildman–Crippen MR) is 66.1 cm³/mol. The molecule has 0 radical (unpaired) electrons. The Balaban J connectivity index is 2.17. The summed E-state index contributed by atoms with van der Waals surface area (Å²) in [7, 11) is 1.67. The van der Waals surface area contributed by atoms with Crippen LogP contribution in [0.25, 0.3) is 0 Å². The normalized spacial score (nSPS) is 14.9. The van der Waals surface area contributed by atoms with Gasteiger partial charge in [-0.3, -0.25) is 0 Å². The molecule has 0 saturated heterocycles. The second kappa shape index (κ2) is 5.01. The number of carboxylic acid groups (broad SMARTS) is 1. The molecule has 0 bridgehead atoms. The molecule has 0 spiro atoms. The van der Waals surface area contributed by atoms with E-state index in [2.05, 4.69) is 9.88 Å². The van der Waals surface area contributed by atoms with E-state index in [1.165, 1.54) is 11.3 Å². The highest BCUT2D eigenvalue weighted by molar-refractivity contribution is 7.15. The van der Waals surface area contributed by atoms with E-state index in [-0.39, 0.29) is 5.69 Å². The molecule has 1 aromatic rings. The number of thiazole rings is 1. The molecular formula is C11H16N2O3S. The molecule has 17 heavy (non-hydrogen) atoms. The van der Waals surface area contributed by atoms with Crippen molar-refractivity contribution >= 4 is 22.4 Å². The highest BCUT2D eigenvalue weighted by atomic mass is 32.1. The standard InChI is InChI=1S/C11H16N2O3S/c1-7-9(10(14)15)12-11(17-7)13(5-6-16-2)8-3-4-8/h8H,3-6H2,1-2H3,(H,14,15). The average Bonchev–Trinajstić information content (AvgIpc) is 3.02. The van der Waals surface area contributed by atoms with Crippen molar-refractivity contribution in [3.63, 3.8) is 0 Å². The van der Waals surface area contributed by atoms with Crippen molar-refractivity contribution < 1.29 is 14.6 Å². The van der Waals surface area contributed by atoms with E-state index >= 15 is 0 Å². The highest BCUT2D eigenvalue weighted by Gasteiger charge is 2.31. The fourth-order valence-corrected chi connectivity index (χ4v) is 2.71. The maximum absolute atomic E-state index is 11.0. The molecule has 0 unspecified atom stereocenters. The maximum Gasteiger partial charge on any atom is 0.355 e. The first-order valence-electron chi connectivity index (χ1n) is 5.59. The minimum Gasteiger partial charge on any atom is -0.476 e. The van der Waals surface area contributed by atoms with Gasteiger partial charge in [0.15, 0.2) is 10.8 Å². The number of methoxy groups -OCH3 is 1. The quantitative estimate of drug-likeness (QED) is 0.840. The van der Waals surface area contributed by atoms with E-state index in [4.69, 9.17) is 9.84 Å². The van der Waals surface area contributed by atoms with Crippen LogP contribution in [-0.4, -0.2) is 42.4 Å². The van der Waals surface area contributed by atoms with E-state index < -0.39 is 5.97 Å². The fraction of sp³-hybridized carbons (Fsp3) is 0.636. The second-order valence-corrected chi connectivity index (χ2v) is 5.31. The van der Waals surface area contributed by atoms with Crippen LogP contribution < -0.4 is 4.90 Å². The van der Waals surface area contributed by atoms with Crippen molar-refractivity contribution in [3.8, 4) is 0 Å². The van der Waals surface area contributed by atoms with Crippen molar-refractivity contribution in [1.29, 1.82) is 0 Å². The average molecular weight is 256 g/mol. The molecule has 1 aliphatic rings. The lowest BCUT2D eigenvalue weighted by Crippen LogP contribution is -2.29. The lowest BCUT2D eigenvalue weighted by atomic mass is 10.4. The van der Waals surface area contributed by atoms with E-state index in [0.29, 0.717) is 12.6 Å². The number of carboxylic acids is 1. The zero-order valence-corrected chi connectivity index (χ0v) is 10.8. The third kappa shape index (κ3) is 2.76. The van der Waals surface area contributed by atoms with Crippen LogP contribution in [0.2, 0.25) is 0 Å². The molecule has 2 rings (SSSR count). The van der Waals surface area contributed by atoms with Crippen LogP contribution in [0.1, 0.15) is 28.2 Å². The van der Waals surface area contributed by atoms with Crippen molar-refractivity contribution in [2.45, 2.75) is 25.8 Å². The molecule has 0 aliphatic heterocycles. The number of hydrogen-bond donors (Lipinski definition) is 1. The number of rotatable bonds is 6. The molecule has 1 N–H and O–H groups in total. The van der Waals surface area contributed by atoms with E-state index in [0.717, 1.165) is 29.4 Å². The Kier molecular flexibility index (Phi) is 3.63. The minimum absolute atomic E-state index is 0.174. The minimum atomic E-state index is -0.951. The van der Waals surface area contributed by atoms with Crippen LogP contribution in [0.4, 0.5) is 5.13 Å². The number of hydrogen-bond acceptors (Lipinski definition) is 5. The van der Waals surface area contributed by atoms with Gasteiger partial charge in [0.2, 0.25) is 0 Å². The number of aromatic nitrogens is 1. The summed E-state index contributed by atoms with van der Waals surface area (Å²) >= 11 is 1.45. The molecule has 94 valence electrons. The molecule has 1 saturated carbocycles. The van der Waals surface area contributed by atoms with Gasteiger partial charge >= 0.3 is 5.97 Å². The van der Waals surface area contributed by atoms with Crippen molar-refractivity contribution in [3.05, 3.63) is 10.6 Å². The molecule has 1 aliphatic carbocycles. The Morgan fingerprint density at radius 1 is 1.65 bits per heavy atom. The fourth-order valence-electron chi connectivity index (χ4n) is 1.71. The van der Waals surface area contributed by atoms with Gasteiger partial charge in [-0.05, 0) is 19.8 Å². The summed E-state index contributed by atoms with van der Waals surface area (Å²) in [5, 5.41) is 9.80. The van der Waals surface area contributed by atoms with Crippen LogP contribution in [0.15, 0.2) is 0 Å². The number of nitrogens with zero attached hydrogens (tertiary/aromatic N) is 2. The zero-order chi connectivity index (χ0) is 12.4. The number of ether oxygens (including phenoxy) is 1. The van der Waals surface area contributed by atoms with Crippen LogP contribution >= 0.6 is 11.3 Å². The lowest BCUT2D eigenvalue weighted by Gasteiger charge is -2.20. The van der Waals surface area contributed by atoms with Gasteiger partial charge in [-0.1, -0.05) is 0 Å². The molecule has 0 amide bonds. The lowest BCUT2D eigenvalue weighted by molar-refractivity contribution is 0.0690. The third-order valence-electron chi connectivity index (χ3n) is 2.76. The summed E-state index contributed by atoms with van der Waals surface area (Å²) in [6.45, 7) is 3.21. The molecule has 1 aromatic heterocycles. The number of carbonyl (C=O) groups is 1. The molecular weight excluding hydrogens is 240 g/mol. The van der Waals surface area contributed by atoms with Crippen molar-refractivity contribution in [1.82, 2.24) is 4.98 Å². The van der Waals surface area contributed by atoms with Gasteiger partial charge in [-0.25, -0.2) is 9.78 Å². The highest BCUT2D eigenvalue weighted by Crippen LogP contribution is 2.34. The largest absolute Gasteiger partial charge is 0.476 e. The molecule has 1 heterocycles. The predicted octanol–water partition coefficient (Wildman–Crippen LogP) is 1.76. The van der Waals surface area contributed by atoms with Crippen LogP contribution in [0.3, 0.4) is 0 Å². The van der Waals surface area contributed by atoms with Gasteiger partial charge in [0.1, 0.15) is 0 Å². The van der Waals surface area contributed by atoms with Gasteiger partial charge in [0.25, 0.3) is 0 Å². The summed E-state index contributed by atoms with van der Waals surface area (Å²) in [5.74, 6) is -0.951. The number of aromatic carboxylic acids is 1. The SMILES string of the molecule is COCCN(c1nc(C(=O)O)c(C)s1)C1CC1. The summed E-state index contributed by atoms with van der Waals surface area (Å²) in [6, 6.07) is 0.511. The molecule has 0 aromatic carbocycles. The molecule has 0 atom stereocenters. The topological polar surface area (TPSA) is 62.7 Å². The summed E-state index contributed by atoms with van der Waals surface area (Å²) in [4.78, 5) is 18.1. The number of aryl methyl sites for hydroxylation is 1. The van der Waals surface area contributed by atoms with Crippen LogP contribution in [0.5, 0.6) is 0 Å². The Morgan fingerprint density at radius 2 is 2.35 bits per heavy atom. The van der Waals surface area contributed by atoms with Gasteiger partial charge in [0.05, 0.1) is 6.61 Å². The van der Waals surface area contributed by atoms with E-state index in [1.54, 1.807) is 14.0 Å². The van der Waals surface area contributed by atoms with Crippen molar-refractivity contribution in [2.75, 3.05) is 25.2 Å². The smallest absolute Gasteiger partial charge is 0.355 e. The van der Waals surface area contributed by atoms with Gasteiger partial charge < -0.3 is 14.7 Å².